The maximum absolute atomic E-state index is 6.06. The van der Waals surface area contributed by atoms with Gasteiger partial charge in [0.2, 0.25) is 0 Å². The normalized spacial score (nSPS) is 25.5. The zero-order valence-corrected chi connectivity index (χ0v) is 9.64. The Morgan fingerprint density at radius 2 is 1.29 bits per heavy atom. The van der Waals surface area contributed by atoms with Gasteiger partial charge in [0.25, 0.3) is 0 Å². The molecule has 17 heavy (non-hydrogen) atoms. The van der Waals surface area contributed by atoms with Gasteiger partial charge >= 0.3 is 0 Å². The zero-order chi connectivity index (χ0) is 11.4. The van der Waals surface area contributed by atoms with Gasteiger partial charge in [-0.25, -0.2) is 0 Å². The minimum Gasteiger partial charge on any atom is -0.327 e. The summed E-state index contributed by atoms with van der Waals surface area (Å²) in [5, 5.41) is 0. The Kier molecular flexibility index (Phi) is 1.78. The smallest absolute Gasteiger partial charge is 0.0145 e. The average Bonchev–Trinajstić information content (AvgIpc) is 2.99. The summed E-state index contributed by atoms with van der Waals surface area (Å²) in [6.45, 7) is 0. The summed E-state index contributed by atoms with van der Waals surface area (Å²) >= 11 is 0. The zero-order valence-electron chi connectivity index (χ0n) is 9.64. The van der Waals surface area contributed by atoms with E-state index in [1.54, 1.807) is 0 Å². The lowest BCUT2D eigenvalue weighted by atomic mass is 9.92. The molecule has 4 rings (SSSR count). The Hall–Kier alpha value is -1.60. The number of hydrogen-bond acceptors (Lipinski definition) is 1. The first kappa shape index (κ1) is 9.43. The lowest BCUT2D eigenvalue weighted by molar-refractivity contribution is 0.691. The summed E-state index contributed by atoms with van der Waals surface area (Å²) in [5.74, 6) is 1.19. The van der Waals surface area contributed by atoms with Crippen molar-refractivity contribution < 1.29 is 0 Å². The highest BCUT2D eigenvalue weighted by molar-refractivity contribution is 5.79. The largest absolute Gasteiger partial charge is 0.327 e. The van der Waals surface area contributed by atoms with E-state index in [1.807, 2.05) is 0 Å². The molecular formula is C16H15N. The second-order valence-electron chi connectivity index (χ2n) is 5.22. The molecule has 0 aromatic heterocycles. The lowest BCUT2D eigenvalue weighted by Crippen LogP contribution is -2.08. The molecule has 2 atom stereocenters. The number of hydrogen-bond donors (Lipinski definition) is 1. The van der Waals surface area contributed by atoms with E-state index < -0.39 is 0 Å². The van der Waals surface area contributed by atoms with Crippen LogP contribution in [-0.2, 0) is 0 Å². The van der Waals surface area contributed by atoms with E-state index in [2.05, 4.69) is 48.5 Å². The highest BCUT2D eigenvalue weighted by Gasteiger charge is 2.45. The van der Waals surface area contributed by atoms with E-state index in [0.29, 0.717) is 17.9 Å². The van der Waals surface area contributed by atoms with Crippen LogP contribution in [0.5, 0.6) is 0 Å². The van der Waals surface area contributed by atoms with Crippen molar-refractivity contribution >= 4 is 0 Å². The number of fused-ring (bicyclic) bond motifs is 3. The molecule has 84 valence electrons. The fourth-order valence-corrected chi connectivity index (χ4v) is 3.27. The SMILES string of the molecule is NC1CC1C1c2ccccc2-c2ccccc21. The van der Waals surface area contributed by atoms with E-state index in [0.717, 1.165) is 0 Å². The number of nitrogens with two attached hydrogens (primary N) is 1. The third-order valence-electron chi connectivity index (χ3n) is 4.20. The third kappa shape index (κ3) is 1.23. The van der Waals surface area contributed by atoms with Crippen LogP contribution in [0.3, 0.4) is 0 Å². The molecule has 1 nitrogen and oxygen atoms in total. The molecule has 2 N–H and O–H groups in total. The summed E-state index contributed by atoms with van der Waals surface area (Å²) in [6.07, 6.45) is 1.17. The van der Waals surface area contributed by atoms with Gasteiger partial charge in [0.15, 0.2) is 0 Å². The molecule has 2 unspecified atom stereocenters. The predicted molar refractivity (Wildman–Crippen MR) is 69.8 cm³/mol. The molecule has 0 amide bonds. The average molecular weight is 221 g/mol. The van der Waals surface area contributed by atoms with E-state index in [4.69, 9.17) is 5.73 Å². The van der Waals surface area contributed by atoms with Crippen LogP contribution in [0.2, 0.25) is 0 Å². The summed E-state index contributed by atoms with van der Waals surface area (Å²) in [7, 11) is 0. The molecule has 0 bridgehead atoms. The summed E-state index contributed by atoms with van der Waals surface area (Å²) in [5.41, 5.74) is 11.8. The van der Waals surface area contributed by atoms with Crippen molar-refractivity contribution in [3.05, 3.63) is 59.7 Å². The second-order valence-corrected chi connectivity index (χ2v) is 5.22. The molecule has 0 heterocycles. The lowest BCUT2D eigenvalue weighted by Gasteiger charge is -2.12. The van der Waals surface area contributed by atoms with Crippen molar-refractivity contribution in [2.45, 2.75) is 18.4 Å². The van der Waals surface area contributed by atoms with Gasteiger partial charge in [0.05, 0.1) is 0 Å². The predicted octanol–water partition coefficient (Wildman–Crippen LogP) is 3.15. The van der Waals surface area contributed by atoms with E-state index in [-0.39, 0.29) is 0 Å². The Bertz CT molecular complexity index is 542. The maximum Gasteiger partial charge on any atom is 0.0145 e. The van der Waals surface area contributed by atoms with E-state index in [9.17, 15) is 0 Å². The Morgan fingerprint density at radius 1 is 0.824 bits per heavy atom. The summed E-state index contributed by atoms with van der Waals surface area (Å²) in [6, 6.07) is 18.0. The highest BCUT2D eigenvalue weighted by Crippen LogP contribution is 2.54. The molecular weight excluding hydrogens is 206 g/mol. The molecule has 1 saturated carbocycles. The quantitative estimate of drug-likeness (QED) is 0.786. The van der Waals surface area contributed by atoms with Crippen molar-refractivity contribution in [3.63, 3.8) is 0 Å². The van der Waals surface area contributed by atoms with Crippen LogP contribution in [-0.4, -0.2) is 6.04 Å². The Balaban J connectivity index is 1.96. The monoisotopic (exact) mass is 221 g/mol. The van der Waals surface area contributed by atoms with Crippen LogP contribution in [0.4, 0.5) is 0 Å². The van der Waals surface area contributed by atoms with Gasteiger partial charge in [-0.15, -0.1) is 0 Å². The number of rotatable bonds is 1. The highest BCUT2D eigenvalue weighted by atomic mass is 14.8. The van der Waals surface area contributed by atoms with E-state index in [1.165, 1.54) is 28.7 Å². The minimum atomic E-state index is 0.402. The molecule has 1 fully saturated rings. The molecule has 0 saturated heterocycles. The summed E-state index contributed by atoms with van der Waals surface area (Å²) in [4.78, 5) is 0. The van der Waals surface area contributed by atoms with Crippen LogP contribution in [0, 0.1) is 5.92 Å². The molecule has 2 aromatic rings. The van der Waals surface area contributed by atoms with Crippen LogP contribution >= 0.6 is 0 Å². The van der Waals surface area contributed by atoms with Crippen LogP contribution in [0.25, 0.3) is 11.1 Å². The molecule has 0 spiro atoms. The van der Waals surface area contributed by atoms with Crippen molar-refractivity contribution in [2.24, 2.45) is 11.7 Å². The van der Waals surface area contributed by atoms with Gasteiger partial charge in [0.1, 0.15) is 0 Å². The third-order valence-corrected chi connectivity index (χ3v) is 4.20. The van der Waals surface area contributed by atoms with Gasteiger partial charge in [-0.2, -0.15) is 0 Å². The van der Waals surface area contributed by atoms with Gasteiger partial charge < -0.3 is 5.73 Å². The fraction of sp³-hybridized carbons (Fsp3) is 0.250. The van der Waals surface area contributed by atoms with Gasteiger partial charge in [-0.05, 0) is 34.6 Å². The van der Waals surface area contributed by atoms with Gasteiger partial charge in [-0.1, -0.05) is 48.5 Å². The minimum absolute atomic E-state index is 0.402. The molecule has 1 heteroatoms. The van der Waals surface area contributed by atoms with Crippen molar-refractivity contribution in [3.8, 4) is 11.1 Å². The second kappa shape index (κ2) is 3.21. The standard InChI is InChI=1S/C16H15N/c17-15-9-14(15)16-12-7-3-1-5-10(12)11-6-2-4-8-13(11)16/h1-8,14-16H,9,17H2. The molecule has 0 aliphatic heterocycles. The van der Waals surface area contributed by atoms with Crippen molar-refractivity contribution in [2.75, 3.05) is 0 Å². The topological polar surface area (TPSA) is 26.0 Å². The Labute approximate surface area is 101 Å². The van der Waals surface area contributed by atoms with Gasteiger partial charge in [0, 0.05) is 12.0 Å². The molecule has 0 radical (unpaired) electrons. The first-order valence-electron chi connectivity index (χ1n) is 6.30. The van der Waals surface area contributed by atoms with Crippen molar-refractivity contribution in [1.82, 2.24) is 0 Å². The first-order valence-corrected chi connectivity index (χ1v) is 6.30. The Morgan fingerprint density at radius 3 is 1.76 bits per heavy atom. The van der Waals surface area contributed by atoms with E-state index >= 15 is 0 Å². The van der Waals surface area contributed by atoms with Gasteiger partial charge in [-0.3, -0.25) is 0 Å². The molecule has 2 aliphatic rings. The van der Waals surface area contributed by atoms with Crippen LogP contribution < -0.4 is 5.73 Å². The maximum atomic E-state index is 6.06. The molecule has 2 aliphatic carbocycles. The summed E-state index contributed by atoms with van der Waals surface area (Å²) < 4.78 is 0. The van der Waals surface area contributed by atoms with Crippen LogP contribution in [0.15, 0.2) is 48.5 Å². The first-order chi connectivity index (χ1) is 8.36. The van der Waals surface area contributed by atoms with Crippen LogP contribution in [0.1, 0.15) is 23.5 Å². The molecule has 2 aromatic carbocycles. The number of benzene rings is 2. The fourth-order valence-electron chi connectivity index (χ4n) is 3.27. The van der Waals surface area contributed by atoms with Crippen molar-refractivity contribution in [1.29, 1.82) is 0 Å².